The zero-order chi connectivity index (χ0) is 30.3. The molecule has 12 heteroatoms. The summed E-state index contributed by atoms with van der Waals surface area (Å²) in [6, 6.07) is 10.9. The van der Waals surface area contributed by atoms with E-state index in [-0.39, 0.29) is 0 Å². The van der Waals surface area contributed by atoms with Crippen molar-refractivity contribution in [2.24, 2.45) is 0 Å². The van der Waals surface area contributed by atoms with Gasteiger partial charge in [-0.2, -0.15) is 0 Å². The molecule has 1 nitrogen and oxygen atoms in total. The molecule has 0 spiro atoms. The van der Waals surface area contributed by atoms with E-state index in [1.54, 1.807) is 10.6 Å². The molecule has 2 aromatic carbocycles. The van der Waals surface area contributed by atoms with Crippen molar-refractivity contribution in [2.45, 2.75) is 0 Å². The van der Waals surface area contributed by atoms with E-state index in [9.17, 15) is 0 Å². The van der Waals surface area contributed by atoms with E-state index in [0.717, 1.165) is 23.6 Å². The lowest BCUT2D eigenvalue weighted by molar-refractivity contribution is 1.14. The molecule has 0 atom stereocenters. The number of hydrogen-bond acceptors (Lipinski definition) is 6. The Labute approximate surface area is 271 Å². The molecular weight excluding hydrogens is 696 g/mol. The Hall–Kier alpha value is 1.66. The number of fused-ring (bicyclic) bond motifs is 1. The molecule has 0 bridgehead atoms. The first kappa shape index (κ1) is 36.1. The van der Waals surface area contributed by atoms with E-state index >= 15 is 0 Å². The molecule has 3 aromatic rings. The molecule has 3 rings (SSSR count). The van der Waals surface area contributed by atoms with Gasteiger partial charge in [-0.15, -0.1) is 11.3 Å². The van der Waals surface area contributed by atoms with Gasteiger partial charge in [-0.05, 0) is 123 Å². The second-order valence-corrected chi connectivity index (χ2v) is 46.1. The van der Waals surface area contributed by atoms with Gasteiger partial charge in [0.05, 0.1) is 0 Å². The molecule has 0 amide bonds. The minimum atomic E-state index is -1.42. The smallest absolute Gasteiger partial charge is 0.0375 e. The van der Waals surface area contributed by atoms with Crippen LogP contribution in [0.1, 0.15) is 0 Å². The minimum absolute atomic E-state index is 0.420. The predicted octanol–water partition coefficient (Wildman–Crippen LogP) is 9.64. The highest BCUT2D eigenvalue weighted by Crippen LogP contribution is 2.62. The second kappa shape index (κ2) is 14.0. The lowest BCUT2D eigenvalue weighted by Gasteiger charge is -2.32. The standard InChI is InChI=1S/C28H45NP6S5/c1-29(2)24-13-11-23-16-27(40-28(23)17-24)22-12-14-25(30(18-32(3,4)36)19-33(5,6)37)26(15-22)31(20-34(7,8)38)21-35(9,10)39/h11-17H,18-21H2,1-10H3. The summed E-state index contributed by atoms with van der Waals surface area (Å²) in [5, 5.41) is 4.43. The number of thiophene rings is 1. The Balaban J connectivity index is 2.27. The first-order valence-corrected chi connectivity index (χ1v) is 32.9. The van der Waals surface area contributed by atoms with E-state index in [0.29, 0.717) is 0 Å². The van der Waals surface area contributed by atoms with Gasteiger partial charge in [0.2, 0.25) is 0 Å². The van der Waals surface area contributed by atoms with E-state index in [1.165, 1.54) is 26.2 Å². The van der Waals surface area contributed by atoms with Crippen molar-refractivity contribution >= 4 is 125 Å². The molecule has 1 aromatic heterocycles. The Morgan fingerprint density at radius 3 is 1.55 bits per heavy atom. The summed E-state index contributed by atoms with van der Waals surface area (Å²) in [6.07, 6.45) is 0. The Kier molecular flexibility index (Phi) is 12.6. The monoisotopic (exact) mass is 741 g/mol. The summed E-state index contributed by atoms with van der Waals surface area (Å²) in [6.45, 7) is 18.6. The first-order valence-electron chi connectivity index (χ1n) is 13.1. The maximum atomic E-state index is 6.12. The largest absolute Gasteiger partial charge is 0.378 e. The number of rotatable bonds is 12. The molecule has 0 aliphatic heterocycles. The van der Waals surface area contributed by atoms with Gasteiger partial charge in [-0.25, -0.2) is 0 Å². The zero-order valence-electron chi connectivity index (χ0n) is 25.5. The van der Waals surface area contributed by atoms with Crippen LogP contribution in [0.15, 0.2) is 42.5 Å². The SMILES string of the molecule is CN(C)c1ccc2cc(-c3ccc(P(CP(C)(C)=S)CP(C)(C)=S)c(P(CP(C)(C)=S)CP(C)(C)=S)c3)sc2c1. The summed E-state index contributed by atoms with van der Waals surface area (Å²) >= 11 is 26.3. The third-order valence-electron chi connectivity index (χ3n) is 6.01. The van der Waals surface area contributed by atoms with Crippen LogP contribution in [-0.4, -0.2) is 91.0 Å². The van der Waals surface area contributed by atoms with Gasteiger partial charge in [0.1, 0.15) is 0 Å². The van der Waals surface area contributed by atoms with Crippen molar-refractivity contribution in [3.63, 3.8) is 0 Å². The van der Waals surface area contributed by atoms with Crippen molar-refractivity contribution in [1.82, 2.24) is 0 Å². The Morgan fingerprint density at radius 2 is 1.10 bits per heavy atom. The Morgan fingerprint density at radius 1 is 0.625 bits per heavy atom. The van der Waals surface area contributed by atoms with Gasteiger partial charge in [0, 0.05) is 53.0 Å². The summed E-state index contributed by atoms with van der Waals surface area (Å²) < 4.78 is 1.34. The zero-order valence-corrected chi connectivity index (χ0v) is 35.0. The fourth-order valence-corrected chi connectivity index (χ4v) is 30.9. The average Bonchev–Trinajstić information content (AvgIpc) is 3.17. The van der Waals surface area contributed by atoms with Crippen LogP contribution in [0.2, 0.25) is 0 Å². The highest BCUT2D eigenvalue weighted by atomic mass is 32.5. The molecule has 0 aliphatic rings. The summed E-state index contributed by atoms with van der Waals surface area (Å²) in [5.41, 5.74) is 2.57. The lowest BCUT2D eigenvalue weighted by Crippen LogP contribution is -2.26. The maximum absolute atomic E-state index is 6.12. The van der Waals surface area contributed by atoms with Crippen LogP contribution in [0.3, 0.4) is 0 Å². The van der Waals surface area contributed by atoms with Gasteiger partial charge in [-0.3, -0.25) is 0 Å². The van der Waals surface area contributed by atoms with Crippen LogP contribution >= 0.6 is 51.3 Å². The quantitative estimate of drug-likeness (QED) is 0.170. The number of hydrogen-bond donors (Lipinski definition) is 0. The van der Waals surface area contributed by atoms with Crippen LogP contribution in [0, 0.1) is 0 Å². The Bertz CT molecular complexity index is 1510. The summed E-state index contributed by atoms with van der Waals surface area (Å²) in [7, 11) is 3.34. The molecule has 0 saturated heterocycles. The highest BCUT2D eigenvalue weighted by Gasteiger charge is 2.28. The first-order chi connectivity index (χ1) is 18.1. The van der Waals surface area contributed by atoms with Gasteiger partial charge in [0.25, 0.3) is 0 Å². The second-order valence-electron chi connectivity index (χ2n) is 12.9. The van der Waals surface area contributed by atoms with Gasteiger partial charge in [-0.1, -0.05) is 81.3 Å². The molecule has 0 unspecified atom stereocenters. The lowest BCUT2D eigenvalue weighted by atomic mass is 10.1. The van der Waals surface area contributed by atoms with Crippen LogP contribution in [0.25, 0.3) is 20.5 Å². The fourth-order valence-electron chi connectivity index (χ4n) is 4.68. The fraction of sp³-hybridized carbons (Fsp3) is 0.500. The van der Waals surface area contributed by atoms with Crippen molar-refractivity contribution in [2.75, 3.05) is 95.9 Å². The van der Waals surface area contributed by atoms with Gasteiger partial charge >= 0.3 is 0 Å². The molecule has 0 aliphatic carbocycles. The number of nitrogens with zero attached hydrogens (tertiary/aromatic N) is 1. The minimum Gasteiger partial charge on any atom is -0.378 e. The van der Waals surface area contributed by atoms with E-state index in [2.05, 4.69) is 115 Å². The van der Waals surface area contributed by atoms with Crippen LogP contribution in [0.5, 0.6) is 0 Å². The van der Waals surface area contributed by atoms with E-state index < -0.39 is 40.0 Å². The van der Waals surface area contributed by atoms with Crippen LogP contribution < -0.4 is 15.5 Å². The molecule has 0 saturated carbocycles. The van der Waals surface area contributed by atoms with Crippen LogP contribution in [0.4, 0.5) is 5.69 Å². The van der Waals surface area contributed by atoms with E-state index in [1.807, 2.05) is 11.3 Å². The molecule has 1 heterocycles. The van der Waals surface area contributed by atoms with Crippen molar-refractivity contribution < 1.29 is 0 Å². The van der Waals surface area contributed by atoms with Crippen molar-refractivity contribution in [3.05, 3.63) is 42.5 Å². The topological polar surface area (TPSA) is 3.24 Å². The molecular formula is C28H45NP6S5. The molecule has 0 radical (unpaired) electrons. The van der Waals surface area contributed by atoms with Crippen molar-refractivity contribution in [3.8, 4) is 10.4 Å². The maximum Gasteiger partial charge on any atom is 0.0375 e. The summed E-state index contributed by atoms with van der Waals surface area (Å²) in [5.74, 6) is 4.55. The number of benzene rings is 2. The molecule has 0 fully saturated rings. The number of anilines is 1. The van der Waals surface area contributed by atoms with Gasteiger partial charge < -0.3 is 4.90 Å². The van der Waals surface area contributed by atoms with Crippen LogP contribution in [-0.2, 0) is 47.2 Å². The molecule has 40 heavy (non-hydrogen) atoms. The third kappa shape index (κ3) is 11.5. The third-order valence-corrected chi connectivity index (χ3v) is 30.0. The van der Waals surface area contributed by atoms with Gasteiger partial charge in [0.15, 0.2) is 0 Å². The summed E-state index contributed by atoms with van der Waals surface area (Å²) in [4.78, 5) is 3.51. The molecule has 222 valence electrons. The predicted molar refractivity (Wildman–Crippen MR) is 219 cm³/mol. The normalized spacial score (nSPS) is 13.5. The molecule has 0 N–H and O–H groups in total. The average molecular weight is 742 g/mol. The van der Waals surface area contributed by atoms with E-state index in [4.69, 9.17) is 47.2 Å². The highest BCUT2D eigenvalue weighted by molar-refractivity contribution is 8.21. The van der Waals surface area contributed by atoms with Crippen molar-refractivity contribution in [1.29, 1.82) is 0 Å².